The highest BCUT2D eigenvalue weighted by Gasteiger charge is 2.57. The Morgan fingerprint density at radius 1 is 0.833 bits per heavy atom. The lowest BCUT2D eigenvalue weighted by Gasteiger charge is -2.37. The van der Waals surface area contributed by atoms with Crippen LogP contribution in [0.3, 0.4) is 0 Å². The van der Waals surface area contributed by atoms with E-state index in [-0.39, 0.29) is 22.3 Å². The summed E-state index contributed by atoms with van der Waals surface area (Å²) in [4.78, 5) is 22.7. The molecule has 0 bridgehead atoms. The van der Waals surface area contributed by atoms with Crippen LogP contribution >= 0.6 is 11.6 Å². The Morgan fingerprint density at radius 2 is 1.43 bits per heavy atom. The minimum atomic E-state index is -3.83. The number of nitrogens with zero attached hydrogens (tertiary/aromatic N) is 9. The van der Waals surface area contributed by atoms with Crippen molar-refractivity contribution in [2.75, 3.05) is 36.0 Å². The van der Waals surface area contributed by atoms with Crippen molar-refractivity contribution >= 4 is 23.0 Å². The van der Waals surface area contributed by atoms with Gasteiger partial charge in [0, 0.05) is 54.3 Å². The summed E-state index contributed by atoms with van der Waals surface area (Å²) in [7, 11) is 0. The highest BCUT2D eigenvalue weighted by molar-refractivity contribution is 6.30. The largest absolute Gasteiger partial charge is 0.391 e. The van der Waals surface area contributed by atoms with Gasteiger partial charge in [-0.25, -0.2) is 14.0 Å². The van der Waals surface area contributed by atoms with Crippen molar-refractivity contribution in [3.8, 4) is 16.8 Å². The summed E-state index contributed by atoms with van der Waals surface area (Å²) in [6, 6.07) is 23.8. The number of anilines is 2. The Labute approximate surface area is 315 Å². The van der Waals surface area contributed by atoms with Crippen LogP contribution in [0.1, 0.15) is 37.6 Å². The molecule has 7 rings (SSSR count). The predicted octanol–water partition coefficient (Wildman–Crippen LogP) is 5.68. The van der Waals surface area contributed by atoms with Crippen molar-refractivity contribution in [1.29, 1.82) is 0 Å². The van der Waals surface area contributed by atoms with Crippen molar-refractivity contribution in [1.82, 2.24) is 34.3 Å². The lowest BCUT2D eigenvalue weighted by molar-refractivity contribution is -0.207. The Kier molecular flexibility index (Phi) is 10.3. The average Bonchev–Trinajstić information content (AvgIpc) is 3.84. The van der Waals surface area contributed by atoms with Crippen LogP contribution in [0.4, 0.5) is 20.2 Å². The first-order valence-corrected chi connectivity index (χ1v) is 18.1. The molecule has 3 aromatic heterocycles. The molecule has 3 aromatic carbocycles. The van der Waals surface area contributed by atoms with Gasteiger partial charge in [-0.15, -0.1) is 0 Å². The molecule has 4 heterocycles. The number of aliphatic hydroxyl groups excluding tert-OH is 1. The molecular weight excluding hydrogens is 716 g/mol. The fraction of sp³-hybridized carbons (Fsp3) is 0.308. The van der Waals surface area contributed by atoms with Crippen molar-refractivity contribution in [2.45, 2.75) is 50.5 Å². The normalized spacial score (nSPS) is 15.9. The molecule has 0 radical (unpaired) electrons. The van der Waals surface area contributed by atoms with E-state index >= 15 is 8.78 Å². The maximum absolute atomic E-state index is 16.2. The standard InChI is InChI=1S/C39H40ClF2N9O3/c1-3-35(27(2)52)51-37(53)49(26-46-51)34-14-12-33(13-15-34)48-21-19-47(20-22-48)32-10-7-28(8-11-32)29-9-16-36(43-24-29)39(41,42)38(54,25-50-44-17-18-45-50)30-5-4-6-31(40)23-30/h4-18,23-24,26-27,35,52,54H,3,19-22,25H2,1-2H3/t27-,35-,38?/m0/s1. The van der Waals surface area contributed by atoms with Crippen LogP contribution in [-0.2, 0) is 18.1 Å². The minimum Gasteiger partial charge on any atom is -0.391 e. The summed E-state index contributed by atoms with van der Waals surface area (Å²) in [5.41, 5.74) is 0.535. The molecule has 1 aliphatic rings. The lowest BCUT2D eigenvalue weighted by atomic mass is 9.85. The molecular formula is C39H40ClF2N9O3. The zero-order chi connectivity index (χ0) is 38.0. The Morgan fingerprint density at radius 3 is 1.98 bits per heavy atom. The number of aliphatic hydroxyl groups is 2. The van der Waals surface area contributed by atoms with Crippen molar-refractivity contribution in [3.63, 3.8) is 0 Å². The highest BCUT2D eigenvalue weighted by Crippen LogP contribution is 2.46. The smallest absolute Gasteiger partial charge is 0.350 e. The second-order valence-electron chi connectivity index (χ2n) is 13.4. The molecule has 3 atom stereocenters. The van der Waals surface area contributed by atoms with E-state index in [1.807, 2.05) is 55.5 Å². The van der Waals surface area contributed by atoms with Crippen molar-refractivity contribution in [3.05, 3.63) is 137 Å². The molecule has 0 amide bonds. The number of alkyl halides is 2. The molecule has 1 fully saturated rings. The van der Waals surface area contributed by atoms with Crippen LogP contribution < -0.4 is 15.5 Å². The van der Waals surface area contributed by atoms with E-state index in [2.05, 4.69) is 30.1 Å². The number of piperazine rings is 1. The number of pyridine rings is 1. The summed E-state index contributed by atoms with van der Waals surface area (Å²) in [6.45, 7) is 6.12. The fourth-order valence-corrected chi connectivity index (χ4v) is 7.15. The van der Waals surface area contributed by atoms with Crippen molar-refractivity contribution in [2.24, 2.45) is 0 Å². The summed E-state index contributed by atoms with van der Waals surface area (Å²) in [6.07, 6.45) is 5.47. The molecule has 280 valence electrons. The molecule has 0 aliphatic carbocycles. The molecule has 1 saturated heterocycles. The van der Waals surface area contributed by atoms with Crippen LogP contribution in [0.25, 0.3) is 16.8 Å². The second kappa shape index (κ2) is 15.1. The number of benzene rings is 3. The van der Waals surface area contributed by atoms with Gasteiger partial charge >= 0.3 is 11.6 Å². The van der Waals surface area contributed by atoms with Crippen molar-refractivity contribution < 1.29 is 19.0 Å². The summed E-state index contributed by atoms with van der Waals surface area (Å²) in [5, 5.41) is 34.0. The highest BCUT2D eigenvalue weighted by atomic mass is 35.5. The van der Waals surface area contributed by atoms with Crippen LogP contribution in [0.5, 0.6) is 0 Å². The molecule has 6 aromatic rings. The van der Waals surface area contributed by atoms with Gasteiger partial charge in [-0.05, 0) is 79.1 Å². The molecule has 0 saturated carbocycles. The average molecular weight is 756 g/mol. The second-order valence-corrected chi connectivity index (χ2v) is 13.9. The molecule has 54 heavy (non-hydrogen) atoms. The Hall–Kier alpha value is -5.44. The maximum Gasteiger partial charge on any atom is 0.350 e. The van der Waals surface area contributed by atoms with Crippen LogP contribution in [0, 0.1) is 0 Å². The van der Waals surface area contributed by atoms with Gasteiger partial charge in [0.25, 0.3) is 0 Å². The van der Waals surface area contributed by atoms with E-state index in [0.29, 0.717) is 17.7 Å². The van der Waals surface area contributed by atoms with E-state index in [0.717, 1.165) is 47.9 Å². The van der Waals surface area contributed by atoms with E-state index in [1.54, 1.807) is 19.1 Å². The van der Waals surface area contributed by atoms with Gasteiger partial charge in [0.15, 0.2) is 5.60 Å². The van der Waals surface area contributed by atoms with Gasteiger partial charge in [0.1, 0.15) is 18.6 Å². The third-order valence-corrected chi connectivity index (χ3v) is 10.3. The van der Waals surface area contributed by atoms with Gasteiger partial charge < -0.3 is 20.0 Å². The first-order chi connectivity index (χ1) is 26.0. The molecule has 12 nitrogen and oxygen atoms in total. The number of aromatic nitrogens is 7. The van der Waals surface area contributed by atoms with E-state index in [1.165, 1.54) is 58.4 Å². The van der Waals surface area contributed by atoms with Gasteiger partial charge in [0.2, 0.25) is 0 Å². The number of hydrogen-bond acceptors (Lipinski definition) is 9. The van der Waals surface area contributed by atoms with E-state index < -0.39 is 29.9 Å². The topological polar surface area (TPSA) is 130 Å². The zero-order valence-electron chi connectivity index (χ0n) is 29.8. The van der Waals surface area contributed by atoms with Gasteiger partial charge in [-0.2, -0.15) is 28.9 Å². The quantitative estimate of drug-likeness (QED) is 0.162. The number of rotatable bonds is 12. The van der Waals surface area contributed by atoms with Crippen LogP contribution in [-0.4, -0.2) is 76.8 Å². The third-order valence-electron chi connectivity index (χ3n) is 10.1. The summed E-state index contributed by atoms with van der Waals surface area (Å²) >= 11 is 6.12. The Bertz CT molecular complexity index is 2220. The summed E-state index contributed by atoms with van der Waals surface area (Å²) in [5.74, 6) is -3.83. The molecule has 1 unspecified atom stereocenters. The van der Waals surface area contributed by atoms with Gasteiger partial charge in [0.05, 0.1) is 30.2 Å². The van der Waals surface area contributed by atoms with Crippen LogP contribution in [0.2, 0.25) is 5.02 Å². The Balaban J connectivity index is 0.997. The summed E-state index contributed by atoms with van der Waals surface area (Å²) < 4.78 is 35.3. The molecule has 1 aliphatic heterocycles. The zero-order valence-corrected chi connectivity index (χ0v) is 30.5. The fourth-order valence-electron chi connectivity index (χ4n) is 6.96. The first kappa shape index (κ1) is 36.9. The van der Waals surface area contributed by atoms with E-state index in [9.17, 15) is 15.0 Å². The predicted molar refractivity (Wildman–Crippen MR) is 202 cm³/mol. The van der Waals surface area contributed by atoms with Gasteiger partial charge in [-0.3, -0.25) is 4.98 Å². The number of hydrogen-bond donors (Lipinski definition) is 2. The molecule has 0 spiro atoms. The molecule has 15 heteroatoms. The van der Waals surface area contributed by atoms with Crippen LogP contribution in [0.15, 0.2) is 115 Å². The lowest BCUT2D eigenvalue weighted by Crippen LogP contribution is -2.47. The minimum absolute atomic E-state index is 0.0880. The molecule has 2 N–H and O–H groups in total. The third kappa shape index (κ3) is 7.11. The SMILES string of the molecule is CC[C@@H]([C@H](C)O)n1ncn(-c2ccc(N3CCN(c4ccc(-c5ccc(C(F)(F)C(O)(Cn6nccn6)c6cccc(Cl)c6)nc5)cc4)CC3)cc2)c1=O. The van der Waals surface area contributed by atoms with Gasteiger partial charge in [-0.1, -0.05) is 48.9 Å². The van der Waals surface area contributed by atoms with E-state index in [4.69, 9.17) is 11.6 Å². The monoisotopic (exact) mass is 755 g/mol. The number of halogens is 3. The maximum atomic E-state index is 16.2. The first-order valence-electron chi connectivity index (χ1n) is 17.7.